The second-order valence-corrected chi connectivity index (χ2v) is 5.92. The molecular weight excluding hydrogens is 279 g/mol. The van der Waals surface area contributed by atoms with Gasteiger partial charge in [0.15, 0.2) is 11.6 Å². The van der Waals surface area contributed by atoms with Gasteiger partial charge in [-0.15, -0.1) is 0 Å². The normalized spacial score (nSPS) is 20.2. The summed E-state index contributed by atoms with van der Waals surface area (Å²) in [5.74, 6) is 0.421. The Bertz CT molecular complexity index is 541. The van der Waals surface area contributed by atoms with Crippen LogP contribution in [0.3, 0.4) is 0 Å². The van der Waals surface area contributed by atoms with Gasteiger partial charge in [0.25, 0.3) is 0 Å². The van der Waals surface area contributed by atoms with Crippen molar-refractivity contribution in [2.75, 3.05) is 18.0 Å². The molecule has 4 nitrogen and oxygen atoms in total. The summed E-state index contributed by atoms with van der Waals surface area (Å²) in [4.78, 5) is 5.87. The van der Waals surface area contributed by atoms with Crippen LogP contribution >= 0.6 is 11.6 Å². The number of hydrogen-bond donors (Lipinski definition) is 1. The van der Waals surface area contributed by atoms with Gasteiger partial charge in [0.05, 0.1) is 5.56 Å². The Hall–Kier alpha value is -1.38. The number of nitriles is 1. The van der Waals surface area contributed by atoms with Crippen LogP contribution in [0.2, 0.25) is 5.15 Å². The van der Waals surface area contributed by atoms with E-state index in [1.165, 1.54) is 0 Å². The molecular formula is C14H18ClFN4. The first kappa shape index (κ1) is 15.0. The van der Waals surface area contributed by atoms with E-state index in [1.54, 1.807) is 0 Å². The smallest absolute Gasteiger partial charge is 0.167 e. The number of halogens is 2. The van der Waals surface area contributed by atoms with Gasteiger partial charge in [0.1, 0.15) is 11.2 Å². The first-order valence-electron chi connectivity index (χ1n) is 6.70. The molecule has 0 radical (unpaired) electrons. The molecule has 0 aromatic carbocycles. The van der Waals surface area contributed by atoms with E-state index in [-0.39, 0.29) is 22.6 Å². The number of hydrogen-bond acceptors (Lipinski definition) is 4. The molecule has 1 fully saturated rings. The Labute approximate surface area is 123 Å². The fourth-order valence-electron chi connectivity index (χ4n) is 2.60. The third kappa shape index (κ3) is 2.87. The minimum absolute atomic E-state index is 0.0421. The maximum atomic E-state index is 14.0. The predicted octanol–water partition coefficient (Wildman–Crippen LogP) is 2.56. The largest absolute Gasteiger partial charge is 0.354 e. The molecule has 6 heteroatoms. The van der Waals surface area contributed by atoms with Crippen molar-refractivity contribution in [3.8, 4) is 6.07 Å². The van der Waals surface area contributed by atoms with E-state index in [2.05, 4.69) is 18.8 Å². The Morgan fingerprint density at radius 1 is 1.60 bits per heavy atom. The molecule has 0 bridgehead atoms. The zero-order chi connectivity index (χ0) is 14.9. The first-order chi connectivity index (χ1) is 9.43. The average molecular weight is 297 g/mol. The molecule has 1 aromatic heterocycles. The van der Waals surface area contributed by atoms with E-state index < -0.39 is 5.82 Å². The van der Waals surface area contributed by atoms with E-state index in [1.807, 2.05) is 11.0 Å². The van der Waals surface area contributed by atoms with Crippen LogP contribution in [-0.2, 0) is 0 Å². The number of nitrogens with two attached hydrogens (primary N) is 1. The molecule has 2 rings (SSSR count). The fourth-order valence-corrected chi connectivity index (χ4v) is 2.77. The zero-order valence-corrected chi connectivity index (χ0v) is 12.4. The predicted molar refractivity (Wildman–Crippen MR) is 77.1 cm³/mol. The molecule has 0 aliphatic carbocycles. The summed E-state index contributed by atoms with van der Waals surface area (Å²) in [6, 6.07) is 3.06. The summed E-state index contributed by atoms with van der Waals surface area (Å²) < 4.78 is 14.0. The average Bonchev–Trinajstić information content (AvgIpc) is 2.89. The van der Waals surface area contributed by atoms with E-state index >= 15 is 0 Å². The van der Waals surface area contributed by atoms with Crippen LogP contribution in [-0.4, -0.2) is 24.1 Å². The highest BCUT2D eigenvalue weighted by atomic mass is 35.5. The maximum Gasteiger partial charge on any atom is 0.167 e. The molecule has 0 amide bonds. The van der Waals surface area contributed by atoms with Crippen LogP contribution in [0.25, 0.3) is 0 Å². The second-order valence-electron chi connectivity index (χ2n) is 5.56. The number of pyridine rings is 1. The SMILES string of the molecule is CC(C)[C@H](N)C1CCN(c2nc(Cl)c(C#N)cc2F)C1. The van der Waals surface area contributed by atoms with Crippen LogP contribution < -0.4 is 10.6 Å². The molecule has 1 aliphatic heterocycles. The van der Waals surface area contributed by atoms with Crippen molar-refractivity contribution >= 4 is 17.4 Å². The number of aromatic nitrogens is 1. The van der Waals surface area contributed by atoms with Crippen molar-refractivity contribution in [3.63, 3.8) is 0 Å². The van der Waals surface area contributed by atoms with Gasteiger partial charge in [-0.25, -0.2) is 9.37 Å². The topological polar surface area (TPSA) is 65.9 Å². The van der Waals surface area contributed by atoms with Gasteiger partial charge < -0.3 is 10.6 Å². The van der Waals surface area contributed by atoms with E-state index in [4.69, 9.17) is 22.6 Å². The van der Waals surface area contributed by atoms with Crippen LogP contribution in [0.4, 0.5) is 10.2 Å². The molecule has 2 heterocycles. The van der Waals surface area contributed by atoms with Crippen molar-refractivity contribution < 1.29 is 4.39 Å². The summed E-state index contributed by atoms with van der Waals surface area (Å²) in [6.45, 7) is 5.55. The molecule has 1 unspecified atom stereocenters. The summed E-state index contributed by atoms with van der Waals surface area (Å²) in [6.07, 6.45) is 0.915. The van der Waals surface area contributed by atoms with Gasteiger partial charge in [-0.3, -0.25) is 0 Å². The standard InChI is InChI=1S/C14H18ClFN4/c1-8(2)12(18)9-3-4-20(7-9)14-11(16)5-10(6-17)13(15)19-14/h5,8-9,12H,3-4,7,18H2,1-2H3/t9?,12-/m0/s1. The van der Waals surface area contributed by atoms with Crippen molar-refractivity contribution in [2.24, 2.45) is 17.6 Å². The van der Waals surface area contributed by atoms with Gasteiger partial charge in [0.2, 0.25) is 0 Å². The molecule has 2 atom stereocenters. The highest BCUT2D eigenvalue weighted by Crippen LogP contribution is 2.29. The summed E-state index contributed by atoms with van der Waals surface area (Å²) in [7, 11) is 0. The number of rotatable bonds is 3. The van der Waals surface area contributed by atoms with Crippen molar-refractivity contribution in [3.05, 3.63) is 22.6 Å². The van der Waals surface area contributed by atoms with E-state index in [0.29, 0.717) is 24.9 Å². The second kappa shape index (κ2) is 5.94. The van der Waals surface area contributed by atoms with Crippen LogP contribution in [0, 0.1) is 29.0 Å². The highest BCUT2D eigenvalue weighted by Gasteiger charge is 2.31. The van der Waals surface area contributed by atoms with Crippen molar-refractivity contribution in [1.29, 1.82) is 5.26 Å². The summed E-state index contributed by atoms with van der Waals surface area (Å²) in [5, 5.41) is 8.85. The third-order valence-electron chi connectivity index (χ3n) is 3.87. The Morgan fingerprint density at radius 3 is 2.90 bits per heavy atom. The zero-order valence-electron chi connectivity index (χ0n) is 11.6. The molecule has 0 saturated carbocycles. The fraction of sp³-hybridized carbons (Fsp3) is 0.571. The summed E-state index contributed by atoms with van der Waals surface area (Å²) >= 11 is 5.88. The van der Waals surface area contributed by atoms with Gasteiger partial charge in [0, 0.05) is 19.1 Å². The van der Waals surface area contributed by atoms with Crippen LogP contribution in [0.15, 0.2) is 6.07 Å². The van der Waals surface area contributed by atoms with E-state index in [0.717, 1.165) is 12.5 Å². The van der Waals surface area contributed by atoms with Crippen molar-refractivity contribution in [1.82, 2.24) is 4.98 Å². The highest BCUT2D eigenvalue weighted by molar-refractivity contribution is 6.30. The Balaban J connectivity index is 2.19. The van der Waals surface area contributed by atoms with Gasteiger partial charge in [-0.1, -0.05) is 25.4 Å². The lowest BCUT2D eigenvalue weighted by Gasteiger charge is -2.24. The molecule has 20 heavy (non-hydrogen) atoms. The quantitative estimate of drug-likeness (QED) is 0.871. The minimum atomic E-state index is -0.510. The molecule has 2 N–H and O–H groups in total. The lowest BCUT2D eigenvalue weighted by atomic mass is 9.91. The lowest BCUT2D eigenvalue weighted by molar-refractivity contribution is 0.365. The molecule has 0 spiro atoms. The van der Waals surface area contributed by atoms with Gasteiger partial charge in [-0.2, -0.15) is 5.26 Å². The molecule has 108 valence electrons. The Kier molecular flexibility index (Phi) is 4.46. The third-order valence-corrected chi connectivity index (χ3v) is 4.16. The Morgan fingerprint density at radius 2 is 2.30 bits per heavy atom. The minimum Gasteiger partial charge on any atom is -0.354 e. The van der Waals surface area contributed by atoms with Gasteiger partial charge in [-0.05, 0) is 24.3 Å². The molecule has 1 aliphatic rings. The first-order valence-corrected chi connectivity index (χ1v) is 7.08. The monoisotopic (exact) mass is 296 g/mol. The lowest BCUT2D eigenvalue weighted by Crippen LogP contribution is -2.37. The van der Waals surface area contributed by atoms with Crippen LogP contribution in [0.1, 0.15) is 25.8 Å². The number of anilines is 1. The van der Waals surface area contributed by atoms with E-state index in [9.17, 15) is 4.39 Å². The maximum absolute atomic E-state index is 14.0. The number of nitrogens with zero attached hydrogens (tertiary/aromatic N) is 3. The molecule has 1 aromatic rings. The molecule has 1 saturated heterocycles. The summed E-state index contributed by atoms with van der Waals surface area (Å²) in [5.41, 5.74) is 6.22. The van der Waals surface area contributed by atoms with Crippen LogP contribution in [0.5, 0.6) is 0 Å². The van der Waals surface area contributed by atoms with Gasteiger partial charge >= 0.3 is 0 Å². The van der Waals surface area contributed by atoms with Crippen molar-refractivity contribution in [2.45, 2.75) is 26.3 Å².